The first-order valence-electron chi connectivity index (χ1n) is 12.8. The third-order valence-electron chi connectivity index (χ3n) is 6.17. The lowest BCUT2D eigenvalue weighted by Gasteiger charge is -2.27. The smallest absolute Gasteiger partial charge is 0.243 e. The Balaban J connectivity index is 0.000000283. The van der Waals surface area contributed by atoms with Gasteiger partial charge >= 0.3 is 0 Å². The number of amides is 2. The first kappa shape index (κ1) is 28.2. The zero-order chi connectivity index (χ0) is 25.5. The van der Waals surface area contributed by atoms with Gasteiger partial charge in [0.15, 0.2) is 0 Å². The molecule has 35 heavy (non-hydrogen) atoms. The summed E-state index contributed by atoms with van der Waals surface area (Å²) in [6.45, 7) is 4.83. The van der Waals surface area contributed by atoms with Gasteiger partial charge in [0, 0.05) is 31.1 Å². The van der Waals surface area contributed by atoms with E-state index in [0.717, 1.165) is 62.6 Å². The van der Waals surface area contributed by atoms with Crippen LogP contribution < -0.4 is 11.1 Å². The second-order valence-electron chi connectivity index (χ2n) is 9.36. The third kappa shape index (κ3) is 11.3. The van der Waals surface area contributed by atoms with Crippen LogP contribution in [0.1, 0.15) is 69.9 Å². The minimum Gasteiger partial charge on any atom is -0.333 e. The van der Waals surface area contributed by atoms with Crippen LogP contribution in [-0.2, 0) is 27.3 Å². The average Bonchev–Trinajstić information content (AvgIpc) is 2.85. The van der Waals surface area contributed by atoms with Gasteiger partial charge in [0.1, 0.15) is 5.78 Å². The Morgan fingerprint density at radius 1 is 1.00 bits per heavy atom. The van der Waals surface area contributed by atoms with Crippen LogP contribution in [-0.4, -0.2) is 35.6 Å². The number of hydrogen-bond donors (Lipinski definition) is 2. The molecule has 3 N–H and O–H groups in total. The van der Waals surface area contributed by atoms with Crippen LogP contribution in [0.3, 0.4) is 0 Å². The lowest BCUT2D eigenvalue weighted by Crippen LogP contribution is -2.42. The second-order valence-corrected chi connectivity index (χ2v) is 9.36. The predicted octanol–water partition coefficient (Wildman–Crippen LogP) is 5.11. The van der Waals surface area contributed by atoms with E-state index in [0.29, 0.717) is 18.9 Å². The molecule has 6 nitrogen and oxygen atoms in total. The molecule has 3 rings (SSSR count). The van der Waals surface area contributed by atoms with Crippen molar-refractivity contribution in [3.8, 4) is 0 Å². The van der Waals surface area contributed by atoms with Crippen molar-refractivity contribution in [1.29, 1.82) is 0 Å². The van der Waals surface area contributed by atoms with Crippen LogP contribution in [0.4, 0.5) is 5.69 Å². The number of ketones is 1. The van der Waals surface area contributed by atoms with Crippen LogP contribution in [0.2, 0.25) is 0 Å². The Bertz CT molecular complexity index is 930. The number of carbonyl (C=O) groups is 3. The summed E-state index contributed by atoms with van der Waals surface area (Å²) < 4.78 is 0. The molecule has 1 heterocycles. The molecular weight excluding hydrogens is 438 g/mol. The van der Waals surface area contributed by atoms with Crippen LogP contribution in [0.5, 0.6) is 0 Å². The number of Topliss-reactive ketones (excluding diaryl/α,β-unsaturated/α-hetero) is 1. The standard InChI is InChI=1S/C17H25N3O2.C12H16O/c1-13-6-3-2-4-9-20(17(13)22)12-16(21)19-15-8-5-7-14(10-15)11-18;1-11(13)7-5-6-10-12-8-3-2-4-9-12/h5,7-8,10,13H,2-4,6,9,11-12,18H2,1H3,(H,19,21);2-4,8-9H,5-7,10H2,1H3. The number of rotatable bonds is 9. The fourth-order valence-corrected chi connectivity index (χ4v) is 4.13. The summed E-state index contributed by atoms with van der Waals surface area (Å²) in [4.78, 5) is 36.9. The molecule has 0 saturated carbocycles. The maximum absolute atomic E-state index is 12.3. The second kappa shape index (κ2) is 15.8. The van der Waals surface area contributed by atoms with E-state index in [1.54, 1.807) is 11.8 Å². The fourth-order valence-electron chi connectivity index (χ4n) is 4.13. The van der Waals surface area contributed by atoms with E-state index in [4.69, 9.17) is 5.73 Å². The number of nitrogens with one attached hydrogen (secondary N) is 1. The minimum atomic E-state index is -0.157. The summed E-state index contributed by atoms with van der Waals surface area (Å²) in [5, 5.41) is 2.85. The lowest BCUT2D eigenvalue weighted by molar-refractivity contribution is -0.138. The number of anilines is 1. The van der Waals surface area contributed by atoms with Gasteiger partial charge in [-0.3, -0.25) is 9.59 Å². The van der Waals surface area contributed by atoms with E-state index in [1.807, 2.05) is 37.3 Å². The summed E-state index contributed by atoms with van der Waals surface area (Å²) in [6, 6.07) is 17.9. The van der Waals surface area contributed by atoms with Crippen LogP contribution in [0.15, 0.2) is 54.6 Å². The molecule has 0 aliphatic carbocycles. The summed E-state index contributed by atoms with van der Waals surface area (Å²) in [7, 11) is 0. The Kier molecular flexibility index (Phi) is 12.8. The van der Waals surface area contributed by atoms with Gasteiger partial charge < -0.3 is 20.7 Å². The molecule has 6 heteroatoms. The Hall–Kier alpha value is -2.99. The Labute approximate surface area is 210 Å². The highest BCUT2D eigenvalue weighted by atomic mass is 16.2. The zero-order valence-electron chi connectivity index (χ0n) is 21.3. The number of carbonyl (C=O) groups excluding carboxylic acids is 3. The van der Waals surface area contributed by atoms with Crippen LogP contribution >= 0.6 is 0 Å². The third-order valence-corrected chi connectivity index (χ3v) is 6.17. The highest BCUT2D eigenvalue weighted by Gasteiger charge is 2.23. The van der Waals surface area contributed by atoms with Crippen LogP contribution in [0.25, 0.3) is 0 Å². The van der Waals surface area contributed by atoms with Gasteiger partial charge in [-0.1, -0.05) is 62.2 Å². The van der Waals surface area contributed by atoms with Gasteiger partial charge in [0.05, 0.1) is 6.54 Å². The SMILES string of the molecule is CC(=O)CCCCc1ccccc1.CC1CCCCCN(CC(=O)Nc2cccc(CN)c2)C1=O. The molecule has 0 spiro atoms. The number of nitrogens with two attached hydrogens (primary N) is 1. The number of hydrogen-bond acceptors (Lipinski definition) is 4. The van der Waals surface area contributed by atoms with E-state index in [9.17, 15) is 14.4 Å². The average molecular weight is 480 g/mol. The van der Waals surface area contributed by atoms with E-state index >= 15 is 0 Å². The topological polar surface area (TPSA) is 92.5 Å². The van der Waals surface area contributed by atoms with E-state index in [2.05, 4.69) is 29.6 Å². The molecule has 1 atom stereocenters. The van der Waals surface area contributed by atoms with Crippen molar-refractivity contribution in [2.75, 3.05) is 18.4 Å². The monoisotopic (exact) mass is 479 g/mol. The number of nitrogens with zero attached hydrogens (tertiary/aromatic N) is 1. The molecule has 1 aliphatic rings. The molecule has 1 unspecified atom stereocenters. The van der Waals surface area contributed by atoms with Crippen molar-refractivity contribution >= 4 is 23.3 Å². The molecule has 2 aromatic carbocycles. The van der Waals surface area contributed by atoms with Gasteiger partial charge in [0.25, 0.3) is 0 Å². The first-order chi connectivity index (χ1) is 16.9. The molecule has 2 aromatic rings. The Morgan fingerprint density at radius 2 is 1.74 bits per heavy atom. The number of unbranched alkanes of at least 4 members (excludes halogenated alkanes) is 1. The van der Waals surface area contributed by atoms with Crippen molar-refractivity contribution in [2.24, 2.45) is 11.7 Å². The van der Waals surface area contributed by atoms with Crippen LogP contribution in [0, 0.1) is 5.92 Å². The van der Waals surface area contributed by atoms with Gasteiger partial charge in [-0.05, 0) is 62.3 Å². The van der Waals surface area contributed by atoms with E-state index in [1.165, 1.54) is 5.56 Å². The largest absolute Gasteiger partial charge is 0.333 e. The fraction of sp³-hybridized carbons (Fsp3) is 0.483. The summed E-state index contributed by atoms with van der Waals surface area (Å²) in [5.74, 6) is 0.239. The molecule has 0 radical (unpaired) electrons. The minimum absolute atomic E-state index is 0.00803. The molecule has 2 amide bonds. The number of aryl methyl sites for hydroxylation is 1. The van der Waals surface area contributed by atoms with Crippen molar-refractivity contribution in [1.82, 2.24) is 4.90 Å². The summed E-state index contributed by atoms with van der Waals surface area (Å²) in [5.41, 5.74) is 8.65. The van der Waals surface area contributed by atoms with Gasteiger partial charge in [-0.2, -0.15) is 0 Å². The molecule has 1 fully saturated rings. The highest BCUT2D eigenvalue weighted by Crippen LogP contribution is 2.17. The number of benzene rings is 2. The van der Waals surface area contributed by atoms with Crippen molar-refractivity contribution in [3.05, 3.63) is 65.7 Å². The van der Waals surface area contributed by atoms with Gasteiger partial charge in [-0.25, -0.2) is 0 Å². The molecular formula is C29H41N3O3. The molecule has 0 aromatic heterocycles. The first-order valence-corrected chi connectivity index (χ1v) is 12.8. The predicted molar refractivity (Wildman–Crippen MR) is 142 cm³/mol. The molecule has 0 bridgehead atoms. The summed E-state index contributed by atoms with van der Waals surface area (Å²) in [6.07, 6.45) is 8.05. The number of likely N-dealkylation sites (tertiary alicyclic amines) is 1. The zero-order valence-corrected chi connectivity index (χ0v) is 21.3. The van der Waals surface area contributed by atoms with E-state index < -0.39 is 0 Å². The van der Waals surface area contributed by atoms with Crippen molar-refractivity contribution in [3.63, 3.8) is 0 Å². The molecule has 190 valence electrons. The van der Waals surface area contributed by atoms with E-state index in [-0.39, 0.29) is 24.3 Å². The summed E-state index contributed by atoms with van der Waals surface area (Å²) >= 11 is 0. The highest BCUT2D eigenvalue weighted by molar-refractivity contribution is 5.94. The quantitative estimate of drug-likeness (QED) is 0.489. The van der Waals surface area contributed by atoms with Crippen molar-refractivity contribution in [2.45, 2.75) is 71.8 Å². The maximum Gasteiger partial charge on any atom is 0.243 e. The maximum atomic E-state index is 12.3. The lowest BCUT2D eigenvalue weighted by atomic mass is 9.99. The van der Waals surface area contributed by atoms with Gasteiger partial charge in [-0.15, -0.1) is 0 Å². The normalized spacial score (nSPS) is 15.9. The molecule has 1 saturated heterocycles. The molecule has 1 aliphatic heterocycles. The van der Waals surface area contributed by atoms with Crippen molar-refractivity contribution < 1.29 is 14.4 Å². The van der Waals surface area contributed by atoms with Gasteiger partial charge in [0.2, 0.25) is 11.8 Å². The Morgan fingerprint density at radius 3 is 2.46 bits per heavy atom.